The van der Waals surface area contributed by atoms with E-state index in [-0.39, 0.29) is 0 Å². The van der Waals surface area contributed by atoms with Crippen LogP contribution in [0.4, 0.5) is 0 Å². The molecule has 0 amide bonds. The van der Waals surface area contributed by atoms with Crippen LogP contribution in [0, 0.1) is 0 Å². The molecule has 12 aromatic rings. The average molecular weight is 706 g/mol. The third-order valence-electron chi connectivity index (χ3n) is 10.8. The lowest BCUT2D eigenvalue weighted by atomic mass is 10.0. The second kappa shape index (κ2) is 11.4. The van der Waals surface area contributed by atoms with Crippen LogP contribution in [-0.4, -0.2) is 24.5 Å². The van der Waals surface area contributed by atoms with Crippen molar-refractivity contribution in [2.45, 2.75) is 0 Å². The van der Waals surface area contributed by atoms with Crippen molar-refractivity contribution >= 4 is 76.5 Å². The lowest BCUT2D eigenvalue weighted by Gasteiger charge is -2.15. The molecule has 0 atom stereocenters. The van der Waals surface area contributed by atoms with E-state index in [0.717, 1.165) is 88.1 Å². The first-order valence-corrected chi connectivity index (χ1v) is 18.2. The second-order valence-electron chi connectivity index (χ2n) is 13.8. The number of rotatable bonds is 4. The van der Waals surface area contributed by atoms with Crippen molar-refractivity contribution in [2.75, 3.05) is 0 Å². The zero-order valence-corrected chi connectivity index (χ0v) is 29.1. The molecule has 55 heavy (non-hydrogen) atoms. The Hall–Kier alpha value is -7.64. The molecule has 7 aromatic carbocycles. The second-order valence-corrected chi connectivity index (χ2v) is 13.8. The van der Waals surface area contributed by atoms with Gasteiger partial charge in [0.1, 0.15) is 22.3 Å². The summed E-state index contributed by atoms with van der Waals surface area (Å²) >= 11 is 0. The Morgan fingerprint density at radius 2 is 1.02 bits per heavy atom. The van der Waals surface area contributed by atoms with Crippen molar-refractivity contribution in [1.29, 1.82) is 0 Å². The van der Waals surface area contributed by atoms with Crippen molar-refractivity contribution in [3.05, 3.63) is 164 Å². The van der Waals surface area contributed by atoms with Gasteiger partial charge in [0.05, 0.1) is 16.7 Å². The van der Waals surface area contributed by atoms with Gasteiger partial charge in [-0.2, -0.15) is 0 Å². The highest BCUT2D eigenvalue weighted by Crippen LogP contribution is 2.40. The van der Waals surface area contributed by atoms with Gasteiger partial charge in [0.25, 0.3) is 0 Å². The summed E-state index contributed by atoms with van der Waals surface area (Å²) in [5.41, 5.74) is 9.08. The molecule has 7 heteroatoms. The van der Waals surface area contributed by atoms with Crippen LogP contribution in [-0.2, 0) is 0 Å². The third-order valence-corrected chi connectivity index (χ3v) is 10.8. The van der Waals surface area contributed by atoms with Gasteiger partial charge >= 0.3 is 0 Å². The van der Waals surface area contributed by atoms with Crippen LogP contribution in [0.1, 0.15) is 0 Å². The number of para-hydroxylation sites is 3. The standard InChI is InChI=1S/C48H27N5O2/c1-2-11-30-29(10-1)35(22-23-40(30)53-38-16-6-3-12-31(38)32-13-4-7-17-39(32)53)47-50-46(28-20-21-34-33-14-5-8-18-41(33)55-44(34)26-28)51-48(52-47)36-15-9-19-43-45(36)37-27-49-25-24-42(37)54-43/h1-27H. The van der Waals surface area contributed by atoms with E-state index < -0.39 is 0 Å². The van der Waals surface area contributed by atoms with E-state index in [1.807, 2.05) is 54.7 Å². The molecule has 0 N–H and O–H groups in total. The van der Waals surface area contributed by atoms with E-state index in [9.17, 15) is 0 Å². The van der Waals surface area contributed by atoms with E-state index in [1.165, 1.54) is 10.8 Å². The highest BCUT2D eigenvalue weighted by molar-refractivity contribution is 6.13. The van der Waals surface area contributed by atoms with Crippen molar-refractivity contribution in [2.24, 2.45) is 0 Å². The maximum Gasteiger partial charge on any atom is 0.164 e. The zero-order chi connectivity index (χ0) is 36.0. The van der Waals surface area contributed by atoms with Crippen molar-refractivity contribution in [3.63, 3.8) is 0 Å². The first-order valence-electron chi connectivity index (χ1n) is 18.2. The highest BCUT2D eigenvalue weighted by Gasteiger charge is 2.21. The minimum absolute atomic E-state index is 0.539. The molecule has 5 aromatic heterocycles. The molecule has 0 aliphatic rings. The van der Waals surface area contributed by atoms with Gasteiger partial charge in [-0.15, -0.1) is 0 Å². The van der Waals surface area contributed by atoms with Gasteiger partial charge in [0.2, 0.25) is 0 Å². The SMILES string of the molecule is c1ccc2c(c1)oc1cc(-c3nc(-c4ccc(-n5c6ccccc6c6ccccc65)c5ccccc45)nc(-c4cccc5oc6ccncc6c45)n3)ccc12. The Bertz CT molecular complexity index is 3470. The molecular weight excluding hydrogens is 679 g/mol. The molecule has 0 saturated carbocycles. The molecule has 12 rings (SSSR count). The van der Waals surface area contributed by atoms with Gasteiger partial charge in [0, 0.05) is 66.8 Å². The van der Waals surface area contributed by atoms with E-state index in [4.69, 9.17) is 23.8 Å². The molecule has 5 heterocycles. The Labute approximate surface area is 312 Å². The minimum atomic E-state index is 0.539. The van der Waals surface area contributed by atoms with Crippen LogP contribution in [0.5, 0.6) is 0 Å². The quantitative estimate of drug-likeness (QED) is 0.181. The summed E-state index contributed by atoms with van der Waals surface area (Å²) < 4.78 is 14.9. The smallest absolute Gasteiger partial charge is 0.164 e. The summed E-state index contributed by atoms with van der Waals surface area (Å²) in [6, 6.07) is 52.2. The number of nitrogens with zero attached hydrogens (tertiary/aromatic N) is 5. The van der Waals surface area contributed by atoms with E-state index in [0.29, 0.717) is 17.5 Å². The summed E-state index contributed by atoms with van der Waals surface area (Å²) in [5.74, 6) is 1.65. The largest absolute Gasteiger partial charge is 0.456 e. The maximum absolute atomic E-state index is 6.31. The minimum Gasteiger partial charge on any atom is -0.456 e. The number of aromatic nitrogens is 5. The fourth-order valence-corrected chi connectivity index (χ4v) is 8.32. The number of hydrogen-bond donors (Lipinski definition) is 0. The molecule has 0 spiro atoms. The topological polar surface area (TPSA) is 82.8 Å². The first-order chi connectivity index (χ1) is 27.3. The van der Waals surface area contributed by atoms with Crippen molar-refractivity contribution in [1.82, 2.24) is 24.5 Å². The Morgan fingerprint density at radius 1 is 0.400 bits per heavy atom. The first kappa shape index (κ1) is 29.9. The predicted molar refractivity (Wildman–Crippen MR) is 220 cm³/mol. The fraction of sp³-hybridized carbons (Fsp3) is 0. The lowest BCUT2D eigenvalue weighted by molar-refractivity contribution is 0.668. The van der Waals surface area contributed by atoms with Crippen LogP contribution in [0.3, 0.4) is 0 Å². The summed E-state index contributed by atoms with van der Waals surface area (Å²) in [7, 11) is 0. The van der Waals surface area contributed by atoms with Crippen LogP contribution in [0.25, 0.3) is 116 Å². The van der Waals surface area contributed by atoms with Crippen LogP contribution < -0.4 is 0 Å². The van der Waals surface area contributed by atoms with Crippen LogP contribution in [0.15, 0.2) is 173 Å². The number of fused-ring (bicyclic) bond motifs is 10. The third kappa shape index (κ3) is 4.44. The van der Waals surface area contributed by atoms with Crippen molar-refractivity contribution < 1.29 is 8.83 Å². The number of benzene rings is 7. The fourth-order valence-electron chi connectivity index (χ4n) is 8.32. The van der Waals surface area contributed by atoms with Gasteiger partial charge in [0.15, 0.2) is 17.5 Å². The zero-order valence-electron chi connectivity index (χ0n) is 29.1. The molecule has 7 nitrogen and oxygen atoms in total. The number of furan rings is 2. The van der Waals surface area contributed by atoms with Gasteiger partial charge in [-0.3, -0.25) is 4.98 Å². The van der Waals surface area contributed by atoms with Gasteiger partial charge < -0.3 is 13.4 Å². The molecule has 0 saturated heterocycles. The van der Waals surface area contributed by atoms with E-state index in [2.05, 4.69) is 113 Å². The van der Waals surface area contributed by atoms with E-state index >= 15 is 0 Å². The Balaban J connectivity index is 1.12. The molecule has 0 aliphatic heterocycles. The molecule has 0 bridgehead atoms. The normalized spacial score (nSPS) is 12.0. The van der Waals surface area contributed by atoms with Crippen LogP contribution >= 0.6 is 0 Å². The molecule has 0 unspecified atom stereocenters. The van der Waals surface area contributed by atoms with Gasteiger partial charge in [-0.05, 0) is 60.0 Å². The predicted octanol–water partition coefficient (Wildman–Crippen LogP) is 12.3. The summed E-state index contributed by atoms with van der Waals surface area (Å²) in [4.78, 5) is 20.1. The summed E-state index contributed by atoms with van der Waals surface area (Å²) in [6.07, 6.45) is 3.58. The molecule has 0 aliphatic carbocycles. The molecule has 256 valence electrons. The van der Waals surface area contributed by atoms with Gasteiger partial charge in [-0.25, -0.2) is 15.0 Å². The van der Waals surface area contributed by atoms with Crippen molar-refractivity contribution in [3.8, 4) is 39.9 Å². The molecule has 0 fully saturated rings. The monoisotopic (exact) mass is 705 g/mol. The maximum atomic E-state index is 6.31. The number of hydrogen-bond acceptors (Lipinski definition) is 6. The summed E-state index contributed by atoms with van der Waals surface area (Å²) in [6.45, 7) is 0. The summed E-state index contributed by atoms with van der Waals surface area (Å²) in [5, 5.41) is 8.49. The number of pyridine rings is 1. The highest BCUT2D eigenvalue weighted by atomic mass is 16.3. The Kier molecular flexibility index (Phi) is 6.21. The average Bonchev–Trinajstić information content (AvgIpc) is 3.92. The Morgan fingerprint density at radius 3 is 1.84 bits per heavy atom. The molecular formula is C48H27N5O2. The molecule has 0 radical (unpaired) electrons. The lowest BCUT2D eigenvalue weighted by Crippen LogP contribution is -2.02. The van der Waals surface area contributed by atoms with Gasteiger partial charge in [-0.1, -0.05) is 97.1 Å². The van der Waals surface area contributed by atoms with Crippen LogP contribution in [0.2, 0.25) is 0 Å². The van der Waals surface area contributed by atoms with E-state index in [1.54, 1.807) is 6.20 Å².